The van der Waals surface area contributed by atoms with E-state index in [4.69, 9.17) is 4.74 Å². The van der Waals surface area contributed by atoms with Gasteiger partial charge in [0.2, 0.25) is 0 Å². The molecule has 7 heteroatoms. The quantitative estimate of drug-likeness (QED) is 0.859. The van der Waals surface area contributed by atoms with E-state index in [9.17, 15) is 9.90 Å². The van der Waals surface area contributed by atoms with Crippen molar-refractivity contribution in [2.24, 2.45) is 0 Å². The van der Waals surface area contributed by atoms with Crippen molar-refractivity contribution in [2.75, 3.05) is 36.5 Å². The van der Waals surface area contributed by atoms with E-state index in [1.807, 2.05) is 6.07 Å². The molecule has 1 aromatic carbocycles. The number of anilines is 2. The molecule has 0 aliphatic carbocycles. The summed E-state index contributed by atoms with van der Waals surface area (Å²) in [6, 6.07) is 8.37. The molecule has 0 spiro atoms. The van der Waals surface area contributed by atoms with Gasteiger partial charge in [-0.05, 0) is 30.3 Å². The number of phenols is 1. The van der Waals surface area contributed by atoms with Crippen LogP contribution in [0, 0.1) is 0 Å². The largest absolute Gasteiger partial charge is 0.507 e. The summed E-state index contributed by atoms with van der Waals surface area (Å²) in [7, 11) is 0. The second-order valence-electron chi connectivity index (χ2n) is 5.12. The van der Waals surface area contributed by atoms with Gasteiger partial charge in [0.15, 0.2) is 0 Å². The summed E-state index contributed by atoms with van der Waals surface area (Å²) in [5.41, 5.74) is 0.781. The Morgan fingerprint density at radius 1 is 1.26 bits per heavy atom. The molecule has 1 saturated heterocycles. The first-order valence-corrected chi connectivity index (χ1v) is 8.01. The van der Waals surface area contributed by atoms with Gasteiger partial charge in [0.1, 0.15) is 11.6 Å². The molecular formula is C16H16BrN3O3. The second-order valence-corrected chi connectivity index (χ2v) is 6.04. The van der Waals surface area contributed by atoms with Crippen molar-refractivity contribution in [3.63, 3.8) is 0 Å². The third kappa shape index (κ3) is 3.80. The first-order valence-electron chi connectivity index (χ1n) is 7.22. The molecule has 1 aliphatic rings. The molecule has 0 unspecified atom stereocenters. The zero-order valence-corrected chi connectivity index (χ0v) is 13.9. The zero-order valence-electron chi connectivity index (χ0n) is 12.3. The average molecular weight is 378 g/mol. The maximum absolute atomic E-state index is 12.2. The first kappa shape index (κ1) is 15.8. The molecule has 0 radical (unpaired) electrons. The van der Waals surface area contributed by atoms with Crippen LogP contribution in [0.2, 0.25) is 0 Å². The van der Waals surface area contributed by atoms with Gasteiger partial charge in [0.25, 0.3) is 5.91 Å². The van der Waals surface area contributed by atoms with Gasteiger partial charge in [0.05, 0.1) is 30.7 Å². The van der Waals surface area contributed by atoms with Crippen LogP contribution < -0.4 is 10.2 Å². The van der Waals surface area contributed by atoms with Crippen molar-refractivity contribution < 1.29 is 14.6 Å². The Labute approximate surface area is 142 Å². The van der Waals surface area contributed by atoms with Crippen LogP contribution in [0.15, 0.2) is 41.0 Å². The van der Waals surface area contributed by atoms with Crippen LogP contribution in [-0.4, -0.2) is 42.3 Å². The lowest BCUT2D eigenvalue weighted by molar-refractivity contribution is 0.102. The van der Waals surface area contributed by atoms with Crippen molar-refractivity contribution in [3.8, 4) is 5.75 Å². The average Bonchev–Trinajstić information content (AvgIpc) is 2.58. The van der Waals surface area contributed by atoms with Gasteiger partial charge in [-0.3, -0.25) is 4.79 Å². The third-order valence-electron chi connectivity index (χ3n) is 3.54. The normalized spacial score (nSPS) is 14.6. The summed E-state index contributed by atoms with van der Waals surface area (Å²) >= 11 is 3.28. The molecule has 120 valence electrons. The van der Waals surface area contributed by atoms with Gasteiger partial charge in [0, 0.05) is 17.6 Å². The lowest BCUT2D eigenvalue weighted by Gasteiger charge is -2.27. The summed E-state index contributed by atoms with van der Waals surface area (Å²) < 4.78 is 6.04. The van der Waals surface area contributed by atoms with Crippen LogP contribution in [0.3, 0.4) is 0 Å². The van der Waals surface area contributed by atoms with E-state index >= 15 is 0 Å². The topological polar surface area (TPSA) is 74.7 Å². The Kier molecular flexibility index (Phi) is 4.78. The van der Waals surface area contributed by atoms with Gasteiger partial charge >= 0.3 is 0 Å². The second kappa shape index (κ2) is 6.97. The number of nitrogens with one attached hydrogen (secondary N) is 1. The Morgan fingerprint density at radius 2 is 2.04 bits per heavy atom. The van der Waals surface area contributed by atoms with Gasteiger partial charge in [-0.15, -0.1) is 0 Å². The third-order valence-corrected chi connectivity index (χ3v) is 4.04. The van der Waals surface area contributed by atoms with Gasteiger partial charge in [-0.25, -0.2) is 4.98 Å². The summed E-state index contributed by atoms with van der Waals surface area (Å²) in [4.78, 5) is 18.7. The number of ether oxygens (including phenoxy) is 1. The number of hydrogen-bond donors (Lipinski definition) is 2. The number of nitrogens with zero attached hydrogens (tertiary/aromatic N) is 2. The Hall–Kier alpha value is -2.12. The molecule has 0 bridgehead atoms. The molecular weight excluding hydrogens is 362 g/mol. The monoisotopic (exact) mass is 377 g/mol. The highest BCUT2D eigenvalue weighted by Gasteiger charge is 2.14. The van der Waals surface area contributed by atoms with Crippen molar-refractivity contribution in [1.29, 1.82) is 0 Å². The number of amides is 1. The SMILES string of the molecule is O=C(Nc1ccc(N2CCOCC2)nc1)c1cc(Br)ccc1O. The number of morpholine rings is 1. The van der Waals surface area contributed by atoms with Crippen molar-refractivity contribution in [2.45, 2.75) is 0 Å². The van der Waals surface area contributed by atoms with E-state index in [-0.39, 0.29) is 17.2 Å². The van der Waals surface area contributed by atoms with Crippen LogP contribution in [-0.2, 0) is 4.74 Å². The molecule has 6 nitrogen and oxygen atoms in total. The fourth-order valence-electron chi connectivity index (χ4n) is 2.33. The van der Waals surface area contributed by atoms with Crippen LogP contribution in [0.5, 0.6) is 5.75 Å². The molecule has 1 fully saturated rings. The van der Waals surface area contributed by atoms with E-state index in [0.29, 0.717) is 18.9 Å². The van der Waals surface area contributed by atoms with E-state index in [2.05, 4.69) is 31.1 Å². The number of benzene rings is 1. The summed E-state index contributed by atoms with van der Waals surface area (Å²) in [6.07, 6.45) is 1.61. The van der Waals surface area contributed by atoms with Crippen molar-refractivity contribution >= 4 is 33.3 Å². The number of rotatable bonds is 3. The first-order chi connectivity index (χ1) is 11.1. The number of carbonyl (C=O) groups excluding carboxylic acids is 1. The number of halogens is 1. The Morgan fingerprint density at radius 3 is 2.74 bits per heavy atom. The van der Waals surface area contributed by atoms with Crippen LogP contribution in [0.1, 0.15) is 10.4 Å². The van der Waals surface area contributed by atoms with Gasteiger partial charge in [-0.1, -0.05) is 15.9 Å². The predicted molar refractivity (Wildman–Crippen MR) is 91.0 cm³/mol. The fraction of sp³-hybridized carbons (Fsp3) is 0.250. The lowest BCUT2D eigenvalue weighted by atomic mass is 10.2. The number of aromatic hydroxyl groups is 1. The molecule has 2 heterocycles. The zero-order chi connectivity index (χ0) is 16.2. The van der Waals surface area contributed by atoms with Crippen molar-refractivity contribution in [3.05, 3.63) is 46.6 Å². The Balaban J connectivity index is 1.70. The minimum absolute atomic E-state index is 0.0661. The molecule has 1 aliphatic heterocycles. The maximum atomic E-state index is 12.2. The fourth-order valence-corrected chi connectivity index (χ4v) is 2.69. The smallest absolute Gasteiger partial charge is 0.259 e. The molecule has 1 amide bonds. The van der Waals surface area contributed by atoms with Crippen molar-refractivity contribution in [1.82, 2.24) is 4.98 Å². The van der Waals surface area contributed by atoms with Gasteiger partial charge in [-0.2, -0.15) is 0 Å². The summed E-state index contributed by atoms with van der Waals surface area (Å²) in [6.45, 7) is 3.01. The molecule has 23 heavy (non-hydrogen) atoms. The highest BCUT2D eigenvalue weighted by molar-refractivity contribution is 9.10. The maximum Gasteiger partial charge on any atom is 0.259 e. The van der Waals surface area contributed by atoms with E-state index in [1.54, 1.807) is 24.4 Å². The van der Waals surface area contributed by atoms with E-state index < -0.39 is 0 Å². The number of aromatic nitrogens is 1. The minimum atomic E-state index is -0.385. The number of pyridine rings is 1. The highest BCUT2D eigenvalue weighted by Crippen LogP contribution is 2.23. The molecule has 0 saturated carbocycles. The van der Waals surface area contributed by atoms with Crippen LogP contribution in [0.4, 0.5) is 11.5 Å². The van der Waals surface area contributed by atoms with Gasteiger partial charge < -0.3 is 20.1 Å². The molecule has 2 aromatic rings. The molecule has 2 N–H and O–H groups in total. The summed E-state index contributed by atoms with van der Waals surface area (Å²) in [5, 5.41) is 12.5. The number of phenolic OH excluding ortho intramolecular Hbond substituents is 1. The van der Waals surface area contributed by atoms with Crippen LogP contribution >= 0.6 is 15.9 Å². The molecule has 0 atom stereocenters. The predicted octanol–water partition coefficient (Wildman–Crippen LogP) is 2.64. The number of carbonyl (C=O) groups is 1. The molecule has 3 rings (SSSR count). The van der Waals surface area contributed by atoms with E-state index in [1.165, 1.54) is 6.07 Å². The Bertz CT molecular complexity index is 700. The number of hydrogen-bond acceptors (Lipinski definition) is 5. The molecule has 1 aromatic heterocycles. The lowest BCUT2D eigenvalue weighted by Crippen LogP contribution is -2.36. The summed E-state index contributed by atoms with van der Waals surface area (Å²) in [5.74, 6) is 0.407. The highest BCUT2D eigenvalue weighted by atomic mass is 79.9. The minimum Gasteiger partial charge on any atom is -0.507 e. The standard InChI is InChI=1S/C16H16BrN3O3/c17-11-1-3-14(21)13(9-11)16(22)19-12-2-4-15(18-10-12)20-5-7-23-8-6-20/h1-4,9-10,21H,5-8H2,(H,19,22). The van der Waals surface area contributed by atoms with E-state index in [0.717, 1.165) is 23.4 Å². The van der Waals surface area contributed by atoms with Crippen LogP contribution in [0.25, 0.3) is 0 Å².